The molecule has 2 aromatic rings. The molecule has 0 aliphatic carbocycles. The van der Waals surface area contributed by atoms with E-state index in [-0.39, 0.29) is 0 Å². The van der Waals surface area contributed by atoms with Crippen LogP contribution in [-0.2, 0) is 6.61 Å². The van der Waals surface area contributed by atoms with Gasteiger partial charge in [-0.2, -0.15) is 0 Å². The van der Waals surface area contributed by atoms with Gasteiger partial charge in [-0.05, 0) is 27.6 Å². The molecule has 0 aliphatic rings. The van der Waals surface area contributed by atoms with Gasteiger partial charge in [-0.15, -0.1) is 0 Å². The standard InChI is InChI=1S/C13H9BrCl2O/c14-11-6-10(7-12(15)13(11)16)17-8-9-4-2-1-3-5-9/h1-7H,8H2. The van der Waals surface area contributed by atoms with Crippen LogP contribution in [0.3, 0.4) is 0 Å². The molecule has 0 bridgehead atoms. The van der Waals surface area contributed by atoms with Gasteiger partial charge in [0.25, 0.3) is 0 Å². The molecule has 0 unspecified atom stereocenters. The molecule has 0 aromatic heterocycles. The average molecular weight is 332 g/mol. The first-order valence-electron chi connectivity index (χ1n) is 4.98. The number of ether oxygens (including phenoxy) is 1. The van der Waals surface area contributed by atoms with E-state index in [0.717, 1.165) is 10.0 Å². The molecular weight excluding hydrogens is 323 g/mol. The second-order valence-electron chi connectivity index (χ2n) is 3.48. The molecule has 2 rings (SSSR count). The van der Waals surface area contributed by atoms with E-state index < -0.39 is 0 Å². The van der Waals surface area contributed by atoms with Crippen molar-refractivity contribution in [1.82, 2.24) is 0 Å². The van der Waals surface area contributed by atoms with E-state index in [1.807, 2.05) is 30.3 Å². The Morgan fingerprint density at radius 2 is 1.76 bits per heavy atom. The lowest BCUT2D eigenvalue weighted by molar-refractivity contribution is 0.306. The van der Waals surface area contributed by atoms with Crippen LogP contribution in [0.25, 0.3) is 0 Å². The second-order valence-corrected chi connectivity index (χ2v) is 5.11. The van der Waals surface area contributed by atoms with E-state index in [2.05, 4.69) is 15.9 Å². The Bertz CT molecular complexity index is 491. The third-order valence-electron chi connectivity index (χ3n) is 2.21. The number of hydrogen-bond donors (Lipinski definition) is 0. The van der Waals surface area contributed by atoms with Crippen LogP contribution in [0.15, 0.2) is 46.9 Å². The van der Waals surface area contributed by atoms with Crippen molar-refractivity contribution < 1.29 is 4.74 Å². The molecule has 2 aromatic carbocycles. The minimum Gasteiger partial charge on any atom is -0.489 e. The maximum atomic E-state index is 5.96. The quantitative estimate of drug-likeness (QED) is 0.690. The van der Waals surface area contributed by atoms with Gasteiger partial charge in [0, 0.05) is 10.5 Å². The Kier molecular flexibility index (Phi) is 4.32. The van der Waals surface area contributed by atoms with Crippen molar-refractivity contribution in [2.24, 2.45) is 0 Å². The predicted octanol–water partition coefficient (Wildman–Crippen LogP) is 5.33. The molecule has 1 nitrogen and oxygen atoms in total. The smallest absolute Gasteiger partial charge is 0.122 e. The molecule has 0 spiro atoms. The van der Waals surface area contributed by atoms with Crippen molar-refractivity contribution in [3.05, 3.63) is 62.5 Å². The number of rotatable bonds is 3. The molecular formula is C13H9BrCl2O. The van der Waals surface area contributed by atoms with Crippen LogP contribution >= 0.6 is 39.1 Å². The van der Waals surface area contributed by atoms with Gasteiger partial charge >= 0.3 is 0 Å². The molecule has 17 heavy (non-hydrogen) atoms. The van der Waals surface area contributed by atoms with Gasteiger partial charge in [0.15, 0.2) is 0 Å². The Morgan fingerprint density at radius 1 is 1.06 bits per heavy atom. The number of hydrogen-bond acceptors (Lipinski definition) is 1. The summed E-state index contributed by atoms with van der Waals surface area (Å²) in [7, 11) is 0. The fourth-order valence-electron chi connectivity index (χ4n) is 1.36. The molecule has 0 saturated heterocycles. The maximum Gasteiger partial charge on any atom is 0.122 e. The van der Waals surface area contributed by atoms with Crippen LogP contribution in [0.4, 0.5) is 0 Å². The summed E-state index contributed by atoms with van der Waals surface area (Å²) in [5, 5.41) is 0.975. The normalized spacial score (nSPS) is 10.3. The summed E-state index contributed by atoms with van der Waals surface area (Å²) in [4.78, 5) is 0. The molecule has 0 atom stereocenters. The SMILES string of the molecule is Clc1cc(OCc2ccccc2)cc(Br)c1Cl. The average Bonchev–Trinajstić information content (AvgIpc) is 2.34. The Hall–Kier alpha value is -0.700. The van der Waals surface area contributed by atoms with Crippen molar-refractivity contribution >= 4 is 39.1 Å². The lowest BCUT2D eigenvalue weighted by Crippen LogP contribution is -1.95. The third kappa shape index (κ3) is 3.38. The van der Waals surface area contributed by atoms with E-state index in [0.29, 0.717) is 22.4 Å². The van der Waals surface area contributed by atoms with Crippen molar-refractivity contribution in [1.29, 1.82) is 0 Å². The highest BCUT2D eigenvalue weighted by Crippen LogP contribution is 2.34. The number of benzene rings is 2. The molecule has 0 saturated carbocycles. The van der Waals surface area contributed by atoms with Crippen molar-refractivity contribution in [2.75, 3.05) is 0 Å². The topological polar surface area (TPSA) is 9.23 Å². The molecule has 0 amide bonds. The summed E-state index contributed by atoms with van der Waals surface area (Å²) in [5.74, 6) is 0.690. The monoisotopic (exact) mass is 330 g/mol. The Balaban J connectivity index is 2.10. The highest BCUT2D eigenvalue weighted by Gasteiger charge is 2.06. The predicted molar refractivity (Wildman–Crippen MR) is 74.9 cm³/mol. The Labute approximate surface area is 118 Å². The van der Waals surface area contributed by atoms with Gasteiger partial charge in [-0.1, -0.05) is 53.5 Å². The number of halogens is 3. The first-order valence-corrected chi connectivity index (χ1v) is 6.53. The maximum absolute atomic E-state index is 5.96. The summed E-state index contributed by atoms with van der Waals surface area (Å²) in [5.41, 5.74) is 1.11. The molecule has 0 aliphatic heterocycles. The minimum absolute atomic E-state index is 0.476. The first-order chi connectivity index (χ1) is 8.16. The summed E-state index contributed by atoms with van der Waals surface area (Å²) in [6.45, 7) is 0.505. The molecule has 4 heteroatoms. The van der Waals surface area contributed by atoms with Crippen LogP contribution < -0.4 is 4.74 Å². The van der Waals surface area contributed by atoms with Crippen molar-refractivity contribution in [3.63, 3.8) is 0 Å². The van der Waals surface area contributed by atoms with Crippen molar-refractivity contribution in [3.8, 4) is 5.75 Å². The molecule has 0 fully saturated rings. The largest absolute Gasteiger partial charge is 0.489 e. The molecule has 0 N–H and O–H groups in total. The highest BCUT2D eigenvalue weighted by atomic mass is 79.9. The lowest BCUT2D eigenvalue weighted by atomic mass is 10.2. The fraction of sp³-hybridized carbons (Fsp3) is 0.0769. The van der Waals surface area contributed by atoms with Crippen LogP contribution in [0.2, 0.25) is 10.0 Å². The van der Waals surface area contributed by atoms with E-state index in [1.165, 1.54) is 0 Å². The zero-order valence-corrected chi connectivity index (χ0v) is 11.9. The van der Waals surface area contributed by atoms with Gasteiger partial charge in [0.2, 0.25) is 0 Å². The van der Waals surface area contributed by atoms with Crippen LogP contribution in [-0.4, -0.2) is 0 Å². The zero-order chi connectivity index (χ0) is 12.3. The first kappa shape index (κ1) is 12.7. The van der Waals surface area contributed by atoms with Gasteiger partial charge in [-0.25, -0.2) is 0 Å². The van der Waals surface area contributed by atoms with Gasteiger partial charge in [0.05, 0.1) is 10.0 Å². The van der Waals surface area contributed by atoms with Crippen LogP contribution in [0.5, 0.6) is 5.75 Å². The summed E-state index contributed by atoms with van der Waals surface area (Å²) >= 11 is 15.2. The second kappa shape index (κ2) is 5.76. The summed E-state index contributed by atoms with van der Waals surface area (Å²) < 4.78 is 6.37. The van der Waals surface area contributed by atoms with Crippen LogP contribution in [0.1, 0.15) is 5.56 Å². The minimum atomic E-state index is 0.476. The van der Waals surface area contributed by atoms with Crippen LogP contribution in [0, 0.1) is 0 Å². The zero-order valence-electron chi connectivity index (χ0n) is 8.79. The van der Waals surface area contributed by atoms with E-state index in [1.54, 1.807) is 12.1 Å². The Morgan fingerprint density at radius 3 is 2.41 bits per heavy atom. The van der Waals surface area contributed by atoms with Gasteiger partial charge < -0.3 is 4.74 Å². The van der Waals surface area contributed by atoms with Crippen molar-refractivity contribution in [2.45, 2.75) is 6.61 Å². The highest BCUT2D eigenvalue weighted by molar-refractivity contribution is 9.10. The van der Waals surface area contributed by atoms with E-state index in [4.69, 9.17) is 27.9 Å². The summed E-state index contributed by atoms with van der Waals surface area (Å²) in [6, 6.07) is 13.4. The third-order valence-corrected chi connectivity index (χ3v) is 3.86. The lowest BCUT2D eigenvalue weighted by Gasteiger charge is -2.08. The van der Waals surface area contributed by atoms with E-state index in [9.17, 15) is 0 Å². The van der Waals surface area contributed by atoms with Gasteiger partial charge in [-0.3, -0.25) is 0 Å². The molecule has 0 heterocycles. The van der Waals surface area contributed by atoms with E-state index >= 15 is 0 Å². The summed E-state index contributed by atoms with van der Waals surface area (Å²) in [6.07, 6.45) is 0. The van der Waals surface area contributed by atoms with Gasteiger partial charge in [0.1, 0.15) is 12.4 Å². The molecule has 0 radical (unpaired) electrons. The fourth-order valence-corrected chi connectivity index (χ4v) is 2.23. The molecule has 88 valence electrons.